The lowest BCUT2D eigenvalue weighted by atomic mass is 10.1. The van der Waals surface area contributed by atoms with Crippen LogP contribution in [0, 0.1) is 10.1 Å². The Bertz CT molecular complexity index is 1310. The van der Waals surface area contributed by atoms with E-state index in [2.05, 4.69) is 10.7 Å². The van der Waals surface area contributed by atoms with E-state index in [1.807, 2.05) is 36.4 Å². The van der Waals surface area contributed by atoms with E-state index in [-0.39, 0.29) is 11.2 Å². The molecule has 1 aliphatic rings. The van der Waals surface area contributed by atoms with Crippen LogP contribution in [0.4, 0.5) is 11.4 Å². The second kappa shape index (κ2) is 6.45. The van der Waals surface area contributed by atoms with Crippen LogP contribution in [-0.2, 0) is 0 Å². The summed E-state index contributed by atoms with van der Waals surface area (Å²) in [4.78, 5) is 28.4. The van der Waals surface area contributed by atoms with Gasteiger partial charge in [-0.2, -0.15) is 0 Å². The molecule has 0 saturated heterocycles. The van der Waals surface area contributed by atoms with Gasteiger partial charge in [0.2, 0.25) is 0 Å². The standard InChI is InChI=1S/C21H15N5O3/c27-21-16-6-2-4-8-18(16)23-20-15-5-1-3-7-17(15)22-19(24-25(20)21)13-9-11-14(12-10-13)26(28)29/h1-12,19,22,24H. The van der Waals surface area contributed by atoms with Crippen LogP contribution in [0.25, 0.3) is 22.3 Å². The summed E-state index contributed by atoms with van der Waals surface area (Å²) in [5, 5.41) is 14.8. The molecule has 1 atom stereocenters. The first kappa shape index (κ1) is 16.9. The Kier molecular flexibility index (Phi) is 3.77. The molecule has 2 heterocycles. The maximum Gasteiger partial charge on any atom is 0.280 e. The van der Waals surface area contributed by atoms with Gasteiger partial charge in [-0.25, -0.2) is 9.66 Å². The lowest BCUT2D eigenvalue weighted by Crippen LogP contribution is -2.34. The van der Waals surface area contributed by atoms with Crippen LogP contribution < -0.4 is 16.3 Å². The van der Waals surface area contributed by atoms with Crippen LogP contribution in [0.15, 0.2) is 77.6 Å². The minimum Gasteiger partial charge on any atom is -0.360 e. The fourth-order valence-corrected chi connectivity index (χ4v) is 3.50. The highest BCUT2D eigenvalue weighted by molar-refractivity contribution is 5.83. The molecule has 8 nitrogen and oxygen atoms in total. The van der Waals surface area contributed by atoms with Crippen molar-refractivity contribution in [3.8, 4) is 11.4 Å². The molecule has 8 heteroatoms. The number of aromatic nitrogens is 2. The minimum absolute atomic E-state index is 0.00741. The van der Waals surface area contributed by atoms with Crippen molar-refractivity contribution in [3.63, 3.8) is 0 Å². The van der Waals surface area contributed by atoms with Crippen molar-refractivity contribution in [2.24, 2.45) is 0 Å². The summed E-state index contributed by atoms with van der Waals surface area (Å²) in [7, 11) is 0. The maximum atomic E-state index is 13.2. The zero-order chi connectivity index (χ0) is 20.0. The number of benzene rings is 3. The Labute approximate surface area is 164 Å². The van der Waals surface area contributed by atoms with Gasteiger partial charge in [-0.05, 0) is 42.0 Å². The van der Waals surface area contributed by atoms with Crippen LogP contribution in [0.5, 0.6) is 0 Å². The summed E-state index contributed by atoms with van der Waals surface area (Å²) in [5.41, 5.74) is 5.94. The maximum absolute atomic E-state index is 13.2. The fourth-order valence-electron chi connectivity index (χ4n) is 3.50. The Balaban J connectivity index is 1.71. The van der Waals surface area contributed by atoms with Crippen molar-refractivity contribution in [3.05, 3.63) is 98.8 Å². The Morgan fingerprint density at radius 1 is 0.966 bits per heavy atom. The molecular weight excluding hydrogens is 370 g/mol. The zero-order valence-corrected chi connectivity index (χ0v) is 15.1. The first-order valence-electron chi connectivity index (χ1n) is 9.00. The highest BCUT2D eigenvalue weighted by Crippen LogP contribution is 2.32. The second-order valence-electron chi connectivity index (χ2n) is 6.69. The van der Waals surface area contributed by atoms with Gasteiger partial charge in [0.25, 0.3) is 11.2 Å². The van der Waals surface area contributed by atoms with E-state index in [1.54, 1.807) is 24.3 Å². The molecule has 5 rings (SSSR count). The quantitative estimate of drug-likeness (QED) is 0.403. The molecule has 29 heavy (non-hydrogen) atoms. The van der Waals surface area contributed by atoms with E-state index in [4.69, 9.17) is 4.98 Å². The van der Waals surface area contributed by atoms with E-state index < -0.39 is 11.1 Å². The van der Waals surface area contributed by atoms with Gasteiger partial charge in [0, 0.05) is 23.4 Å². The number of rotatable bonds is 2. The van der Waals surface area contributed by atoms with Crippen molar-refractivity contribution in [1.82, 2.24) is 9.66 Å². The van der Waals surface area contributed by atoms with Gasteiger partial charge in [0.05, 0.1) is 15.8 Å². The molecule has 0 spiro atoms. The summed E-state index contributed by atoms with van der Waals surface area (Å²) in [5.74, 6) is 0.501. The van der Waals surface area contributed by atoms with E-state index in [0.29, 0.717) is 16.7 Å². The number of para-hydroxylation sites is 2. The van der Waals surface area contributed by atoms with Gasteiger partial charge in [0.15, 0.2) is 5.82 Å². The molecule has 2 N–H and O–H groups in total. The van der Waals surface area contributed by atoms with E-state index in [1.165, 1.54) is 16.8 Å². The van der Waals surface area contributed by atoms with Crippen molar-refractivity contribution in [1.29, 1.82) is 0 Å². The molecule has 1 aliphatic heterocycles. The number of nitrogens with zero attached hydrogens (tertiary/aromatic N) is 3. The lowest BCUT2D eigenvalue weighted by molar-refractivity contribution is -0.384. The third-order valence-corrected chi connectivity index (χ3v) is 4.94. The van der Waals surface area contributed by atoms with Crippen LogP contribution in [0.3, 0.4) is 0 Å². The molecule has 4 aromatic rings. The third-order valence-electron chi connectivity index (χ3n) is 4.94. The van der Waals surface area contributed by atoms with Crippen LogP contribution in [0.2, 0.25) is 0 Å². The lowest BCUT2D eigenvalue weighted by Gasteiger charge is -2.21. The van der Waals surface area contributed by atoms with E-state index >= 15 is 0 Å². The molecule has 0 saturated carbocycles. The van der Waals surface area contributed by atoms with Crippen molar-refractivity contribution < 1.29 is 4.92 Å². The molecule has 0 radical (unpaired) electrons. The van der Waals surface area contributed by atoms with Crippen molar-refractivity contribution in [2.45, 2.75) is 6.17 Å². The fraction of sp³-hybridized carbons (Fsp3) is 0.0476. The number of nitrogens with one attached hydrogen (secondary N) is 2. The monoisotopic (exact) mass is 385 g/mol. The third kappa shape index (κ3) is 2.78. The number of non-ortho nitro benzene ring substituents is 1. The number of nitro groups is 1. The molecule has 0 bridgehead atoms. The van der Waals surface area contributed by atoms with Gasteiger partial charge in [-0.15, -0.1) is 0 Å². The summed E-state index contributed by atoms with van der Waals surface area (Å²) in [6.45, 7) is 0. The second-order valence-corrected chi connectivity index (χ2v) is 6.69. The number of hydrogen-bond acceptors (Lipinski definition) is 6. The topological polar surface area (TPSA) is 102 Å². The first-order valence-corrected chi connectivity index (χ1v) is 9.00. The largest absolute Gasteiger partial charge is 0.360 e. The molecule has 142 valence electrons. The zero-order valence-electron chi connectivity index (χ0n) is 15.1. The smallest absolute Gasteiger partial charge is 0.280 e. The summed E-state index contributed by atoms with van der Waals surface area (Å²) in [6.07, 6.45) is -0.487. The predicted molar refractivity (Wildman–Crippen MR) is 110 cm³/mol. The average molecular weight is 385 g/mol. The predicted octanol–water partition coefficient (Wildman–Crippen LogP) is 3.64. The van der Waals surface area contributed by atoms with Crippen LogP contribution in [0.1, 0.15) is 11.7 Å². The van der Waals surface area contributed by atoms with Crippen molar-refractivity contribution >= 4 is 22.3 Å². The molecular formula is C21H15N5O3. The number of fused-ring (bicyclic) bond motifs is 4. The molecule has 3 aromatic carbocycles. The van der Waals surface area contributed by atoms with Gasteiger partial charge < -0.3 is 5.32 Å². The molecule has 1 unspecified atom stereocenters. The van der Waals surface area contributed by atoms with Gasteiger partial charge in [-0.1, -0.05) is 24.3 Å². The summed E-state index contributed by atoms with van der Waals surface area (Å²) < 4.78 is 1.44. The van der Waals surface area contributed by atoms with Crippen LogP contribution in [-0.4, -0.2) is 14.6 Å². The molecule has 1 aromatic heterocycles. The Morgan fingerprint density at radius 2 is 1.69 bits per heavy atom. The molecule has 0 fully saturated rings. The normalized spacial score (nSPS) is 14.8. The van der Waals surface area contributed by atoms with Crippen LogP contribution >= 0.6 is 0 Å². The molecule has 0 aliphatic carbocycles. The number of anilines is 1. The van der Waals surface area contributed by atoms with E-state index in [0.717, 1.165) is 16.8 Å². The van der Waals surface area contributed by atoms with Gasteiger partial charge in [-0.3, -0.25) is 20.3 Å². The number of nitro benzene ring substituents is 1. The highest BCUT2D eigenvalue weighted by atomic mass is 16.6. The van der Waals surface area contributed by atoms with Gasteiger partial charge >= 0.3 is 0 Å². The highest BCUT2D eigenvalue weighted by Gasteiger charge is 2.24. The Hall–Kier alpha value is -4.20. The van der Waals surface area contributed by atoms with Gasteiger partial charge in [0.1, 0.15) is 6.17 Å². The van der Waals surface area contributed by atoms with Crippen molar-refractivity contribution in [2.75, 3.05) is 10.7 Å². The SMILES string of the molecule is O=c1c2ccccc2nc2n1NC(c1ccc([N+](=O)[O-])cc1)Nc1ccccc1-2. The Morgan fingerprint density at radius 3 is 2.48 bits per heavy atom. The minimum atomic E-state index is -0.487. The first-order chi connectivity index (χ1) is 14.1. The average Bonchev–Trinajstić information content (AvgIpc) is 2.91. The number of hydrogen-bond donors (Lipinski definition) is 2. The summed E-state index contributed by atoms with van der Waals surface area (Å²) >= 11 is 0. The van der Waals surface area contributed by atoms with E-state index in [9.17, 15) is 14.9 Å². The molecule has 0 amide bonds. The summed E-state index contributed by atoms with van der Waals surface area (Å²) in [6, 6.07) is 21.0.